The number of carboxylic acid groups (broad SMARTS) is 2. The van der Waals surface area contributed by atoms with Crippen molar-refractivity contribution in [3.8, 4) is 0 Å². The maximum atomic E-state index is 11.2. The molecule has 0 spiro atoms. The molecule has 0 bridgehead atoms. The van der Waals surface area contributed by atoms with E-state index >= 15 is 0 Å². The number of rotatable bonds is 7. The van der Waals surface area contributed by atoms with E-state index in [1.165, 1.54) is 22.7 Å². The fourth-order valence-corrected chi connectivity index (χ4v) is 3.00. The molecule has 0 atom stereocenters. The van der Waals surface area contributed by atoms with E-state index < -0.39 is 17.6 Å². The minimum absolute atomic E-state index is 0.300. The molecule has 0 saturated heterocycles. The van der Waals surface area contributed by atoms with E-state index in [1.54, 1.807) is 18.2 Å². The van der Waals surface area contributed by atoms with Crippen LogP contribution in [0.1, 0.15) is 27.4 Å². The molecule has 2 N–H and O–H groups in total. The number of hydrogen-bond donors (Lipinski definition) is 2. The second kappa shape index (κ2) is 7.99. The lowest BCUT2D eigenvalue weighted by Crippen LogP contribution is -2.13. The Balaban J connectivity index is 1.99. The first-order chi connectivity index (χ1) is 12.0. The minimum atomic E-state index is -1.38. The van der Waals surface area contributed by atoms with Crippen LogP contribution in [0.5, 0.6) is 0 Å². The highest BCUT2D eigenvalue weighted by atomic mass is 32.2. The number of aryl methyl sites for hydroxylation is 1. The Kier molecular flexibility index (Phi) is 5.77. The largest absolute Gasteiger partial charge is 0.476 e. The highest BCUT2D eigenvalue weighted by Gasteiger charge is 2.22. The summed E-state index contributed by atoms with van der Waals surface area (Å²) in [5.41, 5.74) is -0.204. The van der Waals surface area contributed by atoms with Gasteiger partial charge in [-0.05, 0) is 17.1 Å². The van der Waals surface area contributed by atoms with E-state index in [0.717, 1.165) is 4.90 Å². The standard InChI is InChI=1S/C16H12N4O4S/c1-17-11-5-4-10(8-12(11)18-2)25-7-3-6-20-9-19-13(15(21)22)14(20)16(23)24/h4-5,8-9H,3,6-7H2,(H,21,22)(H,23,24). The smallest absolute Gasteiger partial charge is 0.357 e. The van der Waals surface area contributed by atoms with Gasteiger partial charge in [0.05, 0.1) is 19.5 Å². The van der Waals surface area contributed by atoms with Crippen LogP contribution in [0.15, 0.2) is 29.4 Å². The molecular formula is C16H12N4O4S. The molecule has 0 aliphatic heterocycles. The molecule has 9 heteroatoms. The minimum Gasteiger partial charge on any atom is -0.476 e. The number of nitrogens with zero attached hydrogens (tertiary/aromatic N) is 4. The van der Waals surface area contributed by atoms with Gasteiger partial charge in [0.15, 0.2) is 22.8 Å². The lowest BCUT2D eigenvalue weighted by molar-refractivity contribution is 0.0640. The molecular weight excluding hydrogens is 344 g/mol. The molecule has 8 nitrogen and oxygen atoms in total. The molecule has 126 valence electrons. The second-order valence-corrected chi connectivity index (χ2v) is 5.99. The summed E-state index contributed by atoms with van der Waals surface area (Å²) in [5.74, 6) is -2.08. The SMILES string of the molecule is [C-]#[N+]c1ccc(SCCCn2cnc(C(=O)O)c2C(=O)O)cc1[N+]#[C-]. The fourth-order valence-electron chi connectivity index (χ4n) is 2.13. The first-order valence-corrected chi connectivity index (χ1v) is 8.00. The van der Waals surface area contributed by atoms with Gasteiger partial charge < -0.3 is 14.8 Å². The molecule has 0 saturated carbocycles. The van der Waals surface area contributed by atoms with Gasteiger partial charge in [-0.2, -0.15) is 0 Å². The second-order valence-electron chi connectivity index (χ2n) is 4.82. The predicted octanol–water partition coefficient (Wildman–Crippen LogP) is 3.56. The van der Waals surface area contributed by atoms with Gasteiger partial charge in [-0.1, -0.05) is 18.2 Å². The number of thioether (sulfide) groups is 1. The van der Waals surface area contributed by atoms with Crippen LogP contribution in [0, 0.1) is 13.1 Å². The lowest BCUT2D eigenvalue weighted by atomic mass is 10.3. The van der Waals surface area contributed by atoms with Crippen molar-refractivity contribution in [3.63, 3.8) is 0 Å². The third-order valence-corrected chi connectivity index (χ3v) is 4.32. The Labute approximate surface area is 147 Å². The fraction of sp³-hybridized carbons (Fsp3) is 0.188. The normalized spacial score (nSPS) is 10.0. The quantitative estimate of drug-likeness (QED) is 0.447. The Morgan fingerprint density at radius 3 is 2.48 bits per heavy atom. The van der Waals surface area contributed by atoms with Gasteiger partial charge in [0, 0.05) is 6.54 Å². The van der Waals surface area contributed by atoms with E-state index in [2.05, 4.69) is 14.7 Å². The summed E-state index contributed by atoms with van der Waals surface area (Å²) in [6.45, 7) is 14.4. The molecule has 1 aromatic heterocycles. The maximum absolute atomic E-state index is 11.2. The number of carboxylic acids is 2. The lowest BCUT2D eigenvalue weighted by Gasteiger charge is -2.06. The average molecular weight is 356 g/mol. The van der Waals surface area contributed by atoms with Gasteiger partial charge in [0.25, 0.3) is 0 Å². The molecule has 0 radical (unpaired) electrons. The number of benzene rings is 1. The Morgan fingerprint density at radius 1 is 1.16 bits per heavy atom. The molecule has 1 aromatic carbocycles. The van der Waals surface area contributed by atoms with Gasteiger partial charge in [0.1, 0.15) is 0 Å². The highest BCUT2D eigenvalue weighted by molar-refractivity contribution is 7.99. The Bertz CT molecular complexity index is 908. The molecule has 0 aliphatic rings. The van der Waals surface area contributed by atoms with E-state index in [4.69, 9.17) is 23.4 Å². The van der Waals surface area contributed by atoms with Crippen LogP contribution in [0.2, 0.25) is 0 Å². The molecule has 0 aliphatic carbocycles. The average Bonchev–Trinajstić information content (AvgIpc) is 3.03. The summed E-state index contributed by atoms with van der Waals surface area (Å²) in [4.78, 5) is 33.3. The van der Waals surface area contributed by atoms with Gasteiger partial charge in [-0.15, -0.1) is 11.8 Å². The number of imidazole rings is 1. The van der Waals surface area contributed by atoms with Crippen molar-refractivity contribution in [2.24, 2.45) is 0 Å². The zero-order valence-electron chi connectivity index (χ0n) is 12.8. The van der Waals surface area contributed by atoms with Gasteiger partial charge in [0.2, 0.25) is 0 Å². The van der Waals surface area contributed by atoms with Crippen LogP contribution in [0.3, 0.4) is 0 Å². The summed E-state index contributed by atoms with van der Waals surface area (Å²) in [6, 6.07) is 5.00. The predicted molar refractivity (Wildman–Crippen MR) is 90.5 cm³/mol. The van der Waals surface area contributed by atoms with Crippen LogP contribution in [0.25, 0.3) is 9.69 Å². The van der Waals surface area contributed by atoms with Crippen LogP contribution >= 0.6 is 11.8 Å². The van der Waals surface area contributed by atoms with Gasteiger partial charge in [-0.3, -0.25) is 9.69 Å². The summed E-state index contributed by atoms with van der Waals surface area (Å²) in [7, 11) is 0. The van der Waals surface area contributed by atoms with E-state index in [9.17, 15) is 9.59 Å². The zero-order chi connectivity index (χ0) is 18.4. The summed E-state index contributed by atoms with van der Waals surface area (Å²) in [6.07, 6.45) is 1.79. The third kappa shape index (κ3) is 4.16. The summed E-state index contributed by atoms with van der Waals surface area (Å²) >= 11 is 1.47. The van der Waals surface area contributed by atoms with E-state index in [0.29, 0.717) is 30.1 Å². The molecule has 0 amide bonds. The van der Waals surface area contributed by atoms with Gasteiger partial charge >= 0.3 is 11.9 Å². The van der Waals surface area contributed by atoms with Crippen molar-refractivity contribution in [2.75, 3.05) is 5.75 Å². The number of aromatic nitrogens is 2. The van der Waals surface area contributed by atoms with Crippen LogP contribution in [-0.2, 0) is 6.54 Å². The van der Waals surface area contributed by atoms with Crippen molar-refractivity contribution in [2.45, 2.75) is 17.9 Å². The van der Waals surface area contributed by atoms with Crippen molar-refractivity contribution in [3.05, 3.63) is 58.7 Å². The third-order valence-electron chi connectivity index (χ3n) is 3.24. The number of carbonyl (C=O) groups is 2. The van der Waals surface area contributed by atoms with E-state index in [-0.39, 0.29) is 5.69 Å². The van der Waals surface area contributed by atoms with Crippen molar-refractivity contribution in [1.82, 2.24) is 9.55 Å². The molecule has 25 heavy (non-hydrogen) atoms. The topological polar surface area (TPSA) is 101 Å². The maximum Gasteiger partial charge on any atom is 0.357 e. The van der Waals surface area contributed by atoms with Crippen molar-refractivity contribution < 1.29 is 19.8 Å². The molecule has 2 rings (SSSR count). The van der Waals surface area contributed by atoms with Crippen LogP contribution < -0.4 is 0 Å². The molecule has 0 fully saturated rings. The Hall–Kier alpha value is -3.30. The van der Waals surface area contributed by atoms with Crippen molar-refractivity contribution in [1.29, 1.82) is 0 Å². The molecule has 2 aromatic rings. The highest BCUT2D eigenvalue weighted by Crippen LogP contribution is 2.33. The zero-order valence-corrected chi connectivity index (χ0v) is 13.7. The van der Waals surface area contributed by atoms with Crippen LogP contribution in [0.4, 0.5) is 11.4 Å². The molecule has 1 heterocycles. The summed E-state index contributed by atoms with van der Waals surface area (Å²) in [5, 5.41) is 18.1. The Morgan fingerprint density at radius 2 is 1.88 bits per heavy atom. The van der Waals surface area contributed by atoms with Gasteiger partial charge in [-0.25, -0.2) is 14.6 Å². The first kappa shape index (κ1) is 18.0. The monoisotopic (exact) mass is 356 g/mol. The molecule has 0 unspecified atom stereocenters. The van der Waals surface area contributed by atoms with Crippen molar-refractivity contribution >= 4 is 35.1 Å². The first-order valence-electron chi connectivity index (χ1n) is 7.01. The number of aromatic carboxylic acids is 2. The number of hydrogen-bond acceptors (Lipinski definition) is 4. The van der Waals surface area contributed by atoms with Crippen LogP contribution in [-0.4, -0.2) is 37.5 Å². The van der Waals surface area contributed by atoms with E-state index in [1.807, 2.05) is 0 Å². The summed E-state index contributed by atoms with van der Waals surface area (Å²) < 4.78 is 1.30.